The van der Waals surface area contributed by atoms with Crippen LogP contribution in [0.15, 0.2) is 48.5 Å². The van der Waals surface area contributed by atoms with Gasteiger partial charge >= 0.3 is 16.2 Å². The number of carbonyl (C=O) groups excluding carboxylic acids is 2. The summed E-state index contributed by atoms with van der Waals surface area (Å²) in [6, 6.07) is 12.6. The summed E-state index contributed by atoms with van der Waals surface area (Å²) in [7, 11) is -2.80. The average Bonchev–Trinajstić information content (AvgIpc) is 2.80. The third kappa shape index (κ3) is 3.86. The van der Waals surface area contributed by atoms with Crippen LogP contribution in [0.5, 0.6) is 0 Å². The molecule has 0 N–H and O–H groups in total. The van der Waals surface area contributed by atoms with Crippen molar-refractivity contribution in [3.8, 4) is 0 Å². The lowest BCUT2D eigenvalue weighted by atomic mass is 10.1. The largest absolute Gasteiger partial charge is 0.439 e. The quantitative estimate of drug-likeness (QED) is 0.664. The third-order valence-corrected chi connectivity index (χ3v) is 6.82. The number of hydrogen-bond donors (Lipinski definition) is 0. The zero-order valence-electron chi connectivity index (χ0n) is 14.7. The number of benzene rings is 2. The van der Waals surface area contributed by atoms with Crippen molar-refractivity contribution >= 4 is 45.3 Å². The Hall–Kier alpha value is -2.13. The van der Waals surface area contributed by atoms with Crippen molar-refractivity contribution < 1.29 is 22.7 Å². The van der Waals surface area contributed by atoms with Gasteiger partial charge in [-0.05, 0) is 24.1 Å². The van der Waals surface area contributed by atoms with Gasteiger partial charge in [-0.25, -0.2) is 4.79 Å². The molecule has 1 unspecified atom stereocenters. The Morgan fingerprint density at radius 1 is 1.07 bits per heavy atom. The number of ether oxygens (including phenoxy) is 1. The number of esters is 1. The molecule has 2 aromatic carbocycles. The summed E-state index contributed by atoms with van der Waals surface area (Å²) in [5.74, 6) is -1.60. The second-order valence-electron chi connectivity index (χ2n) is 6.07. The molecule has 28 heavy (non-hydrogen) atoms. The number of hydrogen-bond acceptors (Lipinski definition) is 5. The van der Waals surface area contributed by atoms with Crippen LogP contribution >= 0.6 is 23.2 Å². The van der Waals surface area contributed by atoms with Gasteiger partial charge in [-0.3, -0.25) is 4.79 Å². The van der Waals surface area contributed by atoms with Crippen LogP contribution in [0, 0.1) is 0 Å². The average molecular weight is 443 g/mol. The molecule has 0 spiro atoms. The molecule has 0 radical (unpaired) electrons. The lowest BCUT2D eigenvalue weighted by Gasteiger charge is -2.16. The highest BCUT2D eigenvalue weighted by atomic mass is 35.5. The number of carbonyl (C=O) groups is 2. The predicted molar refractivity (Wildman–Crippen MR) is 104 cm³/mol. The summed E-state index contributed by atoms with van der Waals surface area (Å²) in [6.07, 6.45) is 0.205. The van der Waals surface area contributed by atoms with Gasteiger partial charge in [-0.2, -0.15) is 17.0 Å². The standard InChI is InChI=1S/C18H16Cl2N2O5S/c1-21-15(10-12-6-3-2-4-7-12)17(23)22(28(21,25)26)11-27-18(24)16-13(19)8-5-9-14(16)20/h2-9,15H,10-11H2,1H3. The van der Waals surface area contributed by atoms with Gasteiger partial charge < -0.3 is 4.74 Å². The zero-order chi connectivity index (χ0) is 20.5. The Balaban J connectivity index is 1.76. The van der Waals surface area contributed by atoms with E-state index in [4.69, 9.17) is 27.9 Å². The van der Waals surface area contributed by atoms with E-state index in [-0.39, 0.29) is 22.0 Å². The van der Waals surface area contributed by atoms with Crippen molar-refractivity contribution in [3.63, 3.8) is 0 Å². The van der Waals surface area contributed by atoms with Gasteiger partial charge in [0.1, 0.15) is 6.04 Å². The first-order chi connectivity index (χ1) is 13.2. The highest BCUT2D eigenvalue weighted by Crippen LogP contribution is 2.27. The van der Waals surface area contributed by atoms with E-state index in [0.717, 1.165) is 9.87 Å². The molecule has 1 atom stereocenters. The van der Waals surface area contributed by atoms with Crippen LogP contribution in [-0.4, -0.2) is 48.7 Å². The smallest absolute Gasteiger partial charge is 0.342 e. The molecule has 0 bridgehead atoms. The van der Waals surface area contributed by atoms with Crippen molar-refractivity contribution in [2.45, 2.75) is 12.5 Å². The molecule has 1 aliphatic heterocycles. The first kappa shape index (κ1) is 20.6. The predicted octanol–water partition coefficient (Wildman–Crippen LogP) is 2.74. The van der Waals surface area contributed by atoms with Crippen molar-refractivity contribution in [2.75, 3.05) is 13.8 Å². The summed E-state index contributed by atoms with van der Waals surface area (Å²) in [6.45, 7) is -0.767. The number of amides is 1. The Labute approximate surface area is 172 Å². The highest BCUT2D eigenvalue weighted by Gasteiger charge is 2.48. The molecular weight excluding hydrogens is 427 g/mol. The number of likely N-dealkylation sites (N-methyl/N-ethyl adjacent to an activating group) is 1. The van der Waals surface area contributed by atoms with Crippen LogP contribution in [0.3, 0.4) is 0 Å². The van der Waals surface area contributed by atoms with Gasteiger partial charge in [0, 0.05) is 7.05 Å². The van der Waals surface area contributed by atoms with Crippen molar-refractivity contribution in [1.29, 1.82) is 0 Å². The van der Waals surface area contributed by atoms with Crippen LogP contribution in [0.2, 0.25) is 10.0 Å². The Morgan fingerprint density at radius 3 is 2.29 bits per heavy atom. The normalized spacial score (nSPS) is 19.0. The molecule has 0 aliphatic carbocycles. The minimum atomic E-state index is -4.11. The minimum Gasteiger partial charge on any atom is -0.439 e. The molecule has 3 rings (SSSR count). The summed E-state index contributed by atoms with van der Waals surface area (Å²) < 4.78 is 31.7. The second kappa shape index (κ2) is 8.08. The zero-order valence-corrected chi connectivity index (χ0v) is 17.0. The molecule has 0 saturated carbocycles. The maximum absolute atomic E-state index is 12.7. The Bertz CT molecular complexity index is 994. The van der Waals surface area contributed by atoms with Gasteiger partial charge in [-0.15, -0.1) is 0 Å². The molecule has 10 heteroatoms. The monoisotopic (exact) mass is 442 g/mol. The van der Waals surface area contributed by atoms with E-state index in [2.05, 4.69) is 0 Å². The van der Waals surface area contributed by atoms with Crippen LogP contribution in [0.25, 0.3) is 0 Å². The van der Waals surface area contributed by atoms with E-state index >= 15 is 0 Å². The van der Waals surface area contributed by atoms with Crippen LogP contribution < -0.4 is 0 Å². The molecular formula is C18H16Cl2N2O5S. The molecule has 1 fully saturated rings. The Morgan fingerprint density at radius 2 is 1.68 bits per heavy atom. The second-order valence-corrected chi connectivity index (χ2v) is 8.80. The van der Waals surface area contributed by atoms with E-state index in [1.165, 1.54) is 19.2 Å². The van der Waals surface area contributed by atoms with Crippen molar-refractivity contribution in [2.24, 2.45) is 0 Å². The molecule has 1 heterocycles. The molecule has 1 saturated heterocycles. The Kier molecular flexibility index (Phi) is 5.95. The summed E-state index contributed by atoms with van der Waals surface area (Å²) in [5.41, 5.74) is 0.716. The molecule has 0 aromatic heterocycles. The van der Waals surface area contributed by atoms with Crippen molar-refractivity contribution in [3.05, 3.63) is 69.7 Å². The molecule has 7 nitrogen and oxygen atoms in total. The van der Waals surface area contributed by atoms with Gasteiger partial charge in [0.2, 0.25) is 0 Å². The lowest BCUT2D eigenvalue weighted by molar-refractivity contribution is -0.129. The van der Waals surface area contributed by atoms with Crippen molar-refractivity contribution in [1.82, 2.24) is 8.61 Å². The first-order valence-corrected chi connectivity index (χ1v) is 10.3. The fourth-order valence-electron chi connectivity index (χ4n) is 2.82. The summed E-state index contributed by atoms with van der Waals surface area (Å²) in [4.78, 5) is 25.0. The van der Waals surface area contributed by atoms with E-state index in [9.17, 15) is 18.0 Å². The van der Waals surface area contributed by atoms with E-state index in [1.54, 1.807) is 30.3 Å². The fraction of sp³-hybridized carbons (Fsp3) is 0.222. The van der Waals surface area contributed by atoms with Crippen LogP contribution in [-0.2, 0) is 26.2 Å². The summed E-state index contributed by atoms with van der Waals surface area (Å²) in [5, 5.41) is 0.124. The number of halogens is 2. The molecule has 1 amide bonds. The fourth-order valence-corrected chi connectivity index (χ4v) is 4.70. The van der Waals surface area contributed by atoms with Gasteiger partial charge in [0.15, 0.2) is 6.73 Å². The number of nitrogens with zero attached hydrogens (tertiary/aromatic N) is 2. The highest BCUT2D eigenvalue weighted by molar-refractivity contribution is 7.87. The summed E-state index contributed by atoms with van der Waals surface area (Å²) >= 11 is 11.9. The number of rotatable bonds is 5. The topological polar surface area (TPSA) is 84.0 Å². The van der Waals surface area contributed by atoms with Crippen LogP contribution in [0.4, 0.5) is 0 Å². The first-order valence-electron chi connectivity index (χ1n) is 8.18. The lowest BCUT2D eigenvalue weighted by Crippen LogP contribution is -2.35. The molecule has 2 aromatic rings. The SMILES string of the molecule is CN1C(Cc2ccccc2)C(=O)N(COC(=O)c2c(Cl)cccc2Cl)S1(=O)=O. The maximum Gasteiger partial charge on any atom is 0.342 e. The molecule has 1 aliphatic rings. The van der Waals surface area contributed by atoms with E-state index in [1.807, 2.05) is 6.07 Å². The third-order valence-electron chi connectivity index (χ3n) is 4.36. The minimum absolute atomic E-state index is 0.0622. The van der Waals surface area contributed by atoms with Gasteiger partial charge in [0.05, 0.1) is 15.6 Å². The van der Waals surface area contributed by atoms with Crippen LogP contribution in [0.1, 0.15) is 15.9 Å². The van der Waals surface area contributed by atoms with Gasteiger partial charge in [-0.1, -0.05) is 59.6 Å². The van der Waals surface area contributed by atoms with E-state index in [0.29, 0.717) is 4.31 Å². The van der Waals surface area contributed by atoms with E-state index < -0.39 is 34.9 Å². The molecule has 148 valence electrons. The maximum atomic E-state index is 12.7. The van der Waals surface area contributed by atoms with Gasteiger partial charge in [0.25, 0.3) is 5.91 Å².